The van der Waals surface area contributed by atoms with Gasteiger partial charge in [0.2, 0.25) is 0 Å². The zero-order chi connectivity index (χ0) is 18.1. The average molecular weight is 381 g/mol. The molecule has 0 bridgehead atoms. The summed E-state index contributed by atoms with van der Waals surface area (Å²) in [5, 5.41) is 7.80. The van der Waals surface area contributed by atoms with E-state index >= 15 is 0 Å². The molecule has 26 heavy (non-hydrogen) atoms. The monoisotopic (exact) mass is 380 g/mol. The lowest BCUT2D eigenvalue weighted by Gasteiger charge is -2.11. The van der Waals surface area contributed by atoms with E-state index < -0.39 is 0 Å². The largest absolute Gasteiger partial charge is 0.268 e. The van der Waals surface area contributed by atoms with Crippen molar-refractivity contribution in [1.29, 1.82) is 0 Å². The summed E-state index contributed by atoms with van der Waals surface area (Å²) in [4.78, 5) is 12.3. The number of benzene rings is 3. The molecule has 0 aliphatic heterocycles. The fourth-order valence-electron chi connectivity index (χ4n) is 2.99. The van der Waals surface area contributed by atoms with Gasteiger partial charge >= 0.3 is 0 Å². The summed E-state index contributed by atoms with van der Waals surface area (Å²) in [6.45, 7) is 0.218. The van der Waals surface area contributed by atoms with Crippen LogP contribution in [0.2, 0.25) is 10.0 Å². The molecule has 0 atom stereocenters. The smallest absolute Gasteiger partial charge is 0.267 e. The topological polar surface area (TPSA) is 34.9 Å². The van der Waals surface area contributed by atoms with Gasteiger partial charge in [-0.05, 0) is 29.0 Å². The molecular formula is C21H14Cl2N2O. The van der Waals surface area contributed by atoms with Crippen molar-refractivity contribution >= 4 is 34.0 Å². The minimum atomic E-state index is -0.204. The summed E-state index contributed by atoms with van der Waals surface area (Å²) in [5.41, 5.74) is 2.18. The third kappa shape index (κ3) is 3.12. The fraction of sp³-hybridized carbons (Fsp3) is 0.0476. The molecule has 0 spiro atoms. The summed E-state index contributed by atoms with van der Waals surface area (Å²) >= 11 is 12.5. The van der Waals surface area contributed by atoms with E-state index in [4.69, 9.17) is 23.2 Å². The highest BCUT2D eigenvalue weighted by atomic mass is 35.5. The molecule has 3 aromatic carbocycles. The molecule has 3 nitrogen and oxygen atoms in total. The first-order valence-corrected chi connectivity index (χ1v) is 8.88. The van der Waals surface area contributed by atoms with Crippen LogP contribution in [0.4, 0.5) is 0 Å². The van der Waals surface area contributed by atoms with Crippen LogP contribution >= 0.6 is 23.2 Å². The maximum absolute atomic E-state index is 12.3. The van der Waals surface area contributed by atoms with Crippen LogP contribution in [0, 0.1) is 0 Å². The van der Waals surface area contributed by atoms with Gasteiger partial charge in [-0.15, -0.1) is 0 Å². The maximum Gasteiger partial charge on any atom is 0.267 e. The molecule has 128 valence electrons. The third-order valence-corrected chi connectivity index (χ3v) is 5.01. The number of aromatic nitrogens is 2. The zero-order valence-electron chi connectivity index (χ0n) is 13.7. The average Bonchev–Trinajstić information content (AvgIpc) is 2.66. The highest BCUT2D eigenvalue weighted by Gasteiger charge is 2.11. The van der Waals surface area contributed by atoms with Crippen molar-refractivity contribution in [3.05, 3.63) is 98.8 Å². The second-order valence-electron chi connectivity index (χ2n) is 5.94. The number of fused-ring (bicyclic) bond motifs is 1. The van der Waals surface area contributed by atoms with Crippen LogP contribution in [-0.4, -0.2) is 9.78 Å². The van der Waals surface area contributed by atoms with Gasteiger partial charge in [0.1, 0.15) is 0 Å². The van der Waals surface area contributed by atoms with E-state index in [1.54, 1.807) is 24.3 Å². The molecule has 0 saturated carbocycles. The number of hydrogen-bond acceptors (Lipinski definition) is 2. The van der Waals surface area contributed by atoms with Crippen LogP contribution in [0.3, 0.4) is 0 Å². The van der Waals surface area contributed by atoms with E-state index in [2.05, 4.69) is 17.2 Å². The first kappa shape index (κ1) is 16.8. The van der Waals surface area contributed by atoms with Crippen LogP contribution < -0.4 is 5.56 Å². The summed E-state index contributed by atoms with van der Waals surface area (Å²) in [6, 6.07) is 22.7. The Hall–Kier alpha value is -2.62. The van der Waals surface area contributed by atoms with E-state index in [0.717, 1.165) is 22.0 Å². The van der Waals surface area contributed by atoms with Crippen LogP contribution in [0.1, 0.15) is 5.56 Å². The second-order valence-corrected chi connectivity index (χ2v) is 6.76. The Kier molecular flexibility index (Phi) is 4.49. The molecule has 0 N–H and O–H groups in total. The first-order chi connectivity index (χ1) is 12.6. The van der Waals surface area contributed by atoms with E-state index in [-0.39, 0.29) is 12.1 Å². The van der Waals surface area contributed by atoms with Crippen LogP contribution in [0.25, 0.3) is 22.0 Å². The minimum absolute atomic E-state index is 0.204. The van der Waals surface area contributed by atoms with Crippen molar-refractivity contribution in [1.82, 2.24) is 9.78 Å². The number of halogens is 2. The molecule has 1 aromatic heterocycles. The van der Waals surface area contributed by atoms with E-state index in [1.807, 2.05) is 30.3 Å². The lowest BCUT2D eigenvalue weighted by atomic mass is 10.0. The number of hydrogen-bond donors (Lipinski definition) is 0. The Morgan fingerprint density at radius 2 is 1.50 bits per heavy atom. The lowest BCUT2D eigenvalue weighted by Crippen LogP contribution is -2.23. The summed E-state index contributed by atoms with van der Waals surface area (Å²) in [5.74, 6) is 0. The van der Waals surface area contributed by atoms with Crippen molar-refractivity contribution in [2.75, 3.05) is 0 Å². The fourth-order valence-corrected chi connectivity index (χ4v) is 3.50. The molecule has 0 amide bonds. The normalized spacial score (nSPS) is 11.0. The van der Waals surface area contributed by atoms with Gasteiger partial charge in [-0.25, -0.2) is 4.68 Å². The van der Waals surface area contributed by atoms with Crippen molar-refractivity contribution in [3.8, 4) is 11.3 Å². The van der Waals surface area contributed by atoms with Gasteiger partial charge in [-0.1, -0.05) is 71.7 Å². The minimum Gasteiger partial charge on any atom is -0.268 e. The van der Waals surface area contributed by atoms with Crippen molar-refractivity contribution in [3.63, 3.8) is 0 Å². The number of rotatable bonds is 3. The highest BCUT2D eigenvalue weighted by Crippen LogP contribution is 2.27. The van der Waals surface area contributed by atoms with E-state index in [1.165, 1.54) is 10.7 Å². The summed E-state index contributed by atoms with van der Waals surface area (Å²) in [6.07, 6.45) is 0. The standard InChI is InChI=1S/C21H14Cl2N2O/c22-18-9-4-10-19(23)17(18)13-25-21(26)12-11-20(24-25)16-8-3-6-14-5-1-2-7-15(14)16/h1-12H,13H2. The van der Waals surface area contributed by atoms with Gasteiger partial charge in [-0.3, -0.25) is 4.79 Å². The second kappa shape index (κ2) is 6.94. The maximum atomic E-state index is 12.3. The number of nitrogens with zero attached hydrogens (tertiary/aromatic N) is 2. The SMILES string of the molecule is O=c1ccc(-c2cccc3ccccc23)nn1Cc1c(Cl)cccc1Cl. The summed E-state index contributed by atoms with van der Waals surface area (Å²) < 4.78 is 1.39. The van der Waals surface area contributed by atoms with E-state index in [9.17, 15) is 4.79 Å². The predicted molar refractivity (Wildman–Crippen MR) is 107 cm³/mol. The molecule has 4 aromatic rings. The van der Waals surface area contributed by atoms with Gasteiger partial charge in [0.25, 0.3) is 5.56 Å². The van der Waals surface area contributed by atoms with Crippen molar-refractivity contribution < 1.29 is 0 Å². The van der Waals surface area contributed by atoms with Crippen LogP contribution in [0.15, 0.2) is 77.6 Å². The molecular weight excluding hydrogens is 367 g/mol. The predicted octanol–water partition coefficient (Wildman–Crippen LogP) is 5.42. The van der Waals surface area contributed by atoms with Gasteiger partial charge in [0.15, 0.2) is 0 Å². The van der Waals surface area contributed by atoms with Crippen molar-refractivity contribution in [2.45, 2.75) is 6.54 Å². The van der Waals surface area contributed by atoms with Gasteiger partial charge < -0.3 is 0 Å². The Bertz CT molecular complexity index is 1140. The molecule has 4 rings (SSSR count). The summed E-state index contributed by atoms with van der Waals surface area (Å²) in [7, 11) is 0. The third-order valence-electron chi connectivity index (χ3n) is 4.30. The van der Waals surface area contributed by atoms with Crippen LogP contribution in [0.5, 0.6) is 0 Å². The highest BCUT2D eigenvalue weighted by molar-refractivity contribution is 6.35. The molecule has 0 aliphatic carbocycles. The first-order valence-electron chi connectivity index (χ1n) is 8.13. The molecule has 0 unspecified atom stereocenters. The van der Waals surface area contributed by atoms with E-state index in [0.29, 0.717) is 15.6 Å². The molecule has 0 saturated heterocycles. The quantitative estimate of drug-likeness (QED) is 0.475. The van der Waals surface area contributed by atoms with Gasteiger partial charge in [0.05, 0.1) is 12.2 Å². The molecule has 0 radical (unpaired) electrons. The molecule has 1 heterocycles. The Morgan fingerprint density at radius 3 is 2.31 bits per heavy atom. The molecule has 0 aliphatic rings. The van der Waals surface area contributed by atoms with Crippen molar-refractivity contribution in [2.24, 2.45) is 0 Å². The lowest BCUT2D eigenvalue weighted by molar-refractivity contribution is 0.643. The molecule has 5 heteroatoms. The molecule has 0 fully saturated rings. The van der Waals surface area contributed by atoms with Gasteiger partial charge in [0, 0.05) is 27.2 Å². The zero-order valence-corrected chi connectivity index (χ0v) is 15.2. The van der Waals surface area contributed by atoms with Gasteiger partial charge in [-0.2, -0.15) is 5.10 Å². The Morgan fingerprint density at radius 1 is 0.808 bits per heavy atom. The Labute approximate surface area is 160 Å². The Balaban J connectivity index is 1.83. The van der Waals surface area contributed by atoms with Crippen LogP contribution in [-0.2, 0) is 6.54 Å².